The Hall–Kier alpha value is -3.15. The van der Waals surface area contributed by atoms with Crippen molar-refractivity contribution in [1.29, 1.82) is 0 Å². The number of halogens is 1. The van der Waals surface area contributed by atoms with Crippen molar-refractivity contribution in [2.24, 2.45) is 5.92 Å². The van der Waals surface area contributed by atoms with Crippen molar-refractivity contribution >= 4 is 11.8 Å². The highest BCUT2D eigenvalue weighted by Crippen LogP contribution is 2.40. The number of nitrogens with zero attached hydrogens (tertiary/aromatic N) is 3. The molecule has 0 radical (unpaired) electrons. The summed E-state index contributed by atoms with van der Waals surface area (Å²) in [6.45, 7) is 5.38. The molecular formula is C27H30FN3O2. The number of rotatable bonds is 4. The summed E-state index contributed by atoms with van der Waals surface area (Å²) in [5, 5.41) is 0. The molecular weight excluding hydrogens is 417 g/mol. The number of likely N-dealkylation sites (N-methyl/N-ethyl adjacent to an activating group) is 1. The molecule has 5 rings (SSSR count). The predicted molar refractivity (Wildman–Crippen MR) is 125 cm³/mol. The van der Waals surface area contributed by atoms with Crippen LogP contribution >= 0.6 is 0 Å². The Labute approximate surface area is 194 Å². The van der Waals surface area contributed by atoms with Gasteiger partial charge in [0.15, 0.2) is 0 Å². The topological polar surface area (TPSA) is 43.9 Å². The van der Waals surface area contributed by atoms with Gasteiger partial charge in [0.2, 0.25) is 5.91 Å². The van der Waals surface area contributed by atoms with E-state index in [0.717, 1.165) is 53.8 Å². The van der Waals surface area contributed by atoms with Gasteiger partial charge >= 0.3 is 0 Å². The molecule has 3 aliphatic rings. The van der Waals surface area contributed by atoms with E-state index in [4.69, 9.17) is 0 Å². The normalized spacial score (nSPS) is 23.5. The summed E-state index contributed by atoms with van der Waals surface area (Å²) in [6, 6.07) is 14.8. The minimum Gasteiger partial charge on any atom is -0.346 e. The van der Waals surface area contributed by atoms with Crippen molar-refractivity contribution < 1.29 is 14.0 Å². The van der Waals surface area contributed by atoms with E-state index in [1.165, 1.54) is 12.1 Å². The van der Waals surface area contributed by atoms with Gasteiger partial charge in [-0.2, -0.15) is 0 Å². The van der Waals surface area contributed by atoms with E-state index in [2.05, 4.69) is 17.0 Å². The van der Waals surface area contributed by atoms with Gasteiger partial charge in [-0.3, -0.25) is 9.59 Å². The third kappa shape index (κ3) is 3.92. The maximum atomic E-state index is 13.3. The summed E-state index contributed by atoms with van der Waals surface area (Å²) in [7, 11) is 1.85. The van der Waals surface area contributed by atoms with Gasteiger partial charge in [-0.05, 0) is 61.9 Å². The molecule has 33 heavy (non-hydrogen) atoms. The van der Waals surface area contributed by atoms with Gasteiger partial charge in [0.1, 0.15) is 12.0 Å². The van der Waals surface area contributed by atoms with Crippen LogP contribution in [0.4, 0.5) is 4.39 Å². The summed E-state index contributed by atoms with van der Waals surface area (Å²) in [6.07, 6.45) is 2.70. The smallest absolute Gasteiger partial charge is 0.252 e. The lowest BCUT2D eigenvalue weighted by molar-refractivity contribution is -0.136. The summed E-state index contributed by atoms with van der Waals surface area (Å²) >= 11 is 0. The summed E-state index contributed by atoms with van der Waals surface area (Å²) < 4.78 is 13.3. The quantitative estimate of drug-likeness (QED) is 0.690. The number of amides is 2. The van der Waals surface area contributed by atoms with Crippen molar-refractivity contribution in [2.75, 3.05) is 20.1 Å². The number of allylic oxidation sites excluding steroid dienone is 1. The molecule has 2 atom stereocenters. The second kappa shape index (κ2) is 8.32. The number of carbonyl (C=O) groups excluding carboxylic acids is 2. The SMILES string of the molecule is CC1=C(C)N(C2CCN(C(=O)C3CC3)C2)C(c2ccc(-c3ccc(F)cc3)cc2)N(C)C1=O. The predicted octanol–water partition coefficient (Wildman–Crippen LogP) is 4.57. The zero-order valence-corrected chi connectivity index (χ0v) is 19.4. The fourth-order valence-corrected chi connectivity index (χ4v) is 5.20. The van der Waals surface area contributed by atoms with Crippen LogP contribution in [0.25, 0.3) is 11.1 Å². The van der Waals surface area contributed by atoms with Gasteiger partial charge in [0.05, 0.1) is 6.04 Å². The summed E-state index contributed by atoms with van der Waals surface area (Å²) in [5.41, 5.74) is 4.71. The monoisotopic (exact) mass is 447 g/mol. The Kier molecular flexibility index (Phi) is 5.47. The van der Waals surface area contributed by atoms with E-state index in [0.29, 0.717) is 6.54 Å². The van der Waals surface area contributed by atoms with E-state index in [9.17, 15) is 14.0 Å². The molecule has 6 heteroatoms. The van der Waals surface area contributed by atoms with E-state index in [-0.39, 0.29) is 35.8 Å². The van der Waals surface area contributed by atoms with Crippen LogP contribution in [0.1, 0.15) is 44.8 Å². The molecule has 2 amide bonds. The van der Waals surface area contributed by atoms with Crippen LogP contribution in [0.3, 0.4) is 0 Å². The first kappa shape index (κ1) is 21.7. The summed E-state index contributed by atoms with van der Waals surface area (Å²) in [5.74, 6) is 0.289. The molecule has 1 saturated carbocycles. The van der Waals surface area contributed by atoms with Crippen LogP contribution < -0.4 is 0 Å². The minimum atomic E-state index is -0.253. The minimum absolute atomic E-state index is 0.0280. The maximum Gasteiger partial charge on any atom is 0.252 e. The molecule has 172 valence electrons. The molecule has 2 unspecified atom stereocenters. The second-order valence-corrected chi connectivity index (χ2v) is 9.54. The van der Waals surface area contributed by atoms with Crippen LogP contribution in [0.2, 0.25) is 0 Å². The first-order valence-corrected chi connectivity index (χ1v) is 11.7. The van der Waals surface area contributed by atoms with Crippen LogP contribution in [0.15, 0.2) is 59.8 Å². The van der Waals surface area contributed by atoms with Crippen LogP contribution in [-0.2, 0) is 9.59 Å². The molecule has 2 aliphatic heterocycles. The van der Waals surface area contributed by atoms with Crippen molar-refractivity contribution in [3.8, 4) is 11.1 Å². The Morgan fingerprint density at radius 3 is 2.15 bits per heavy atom. The highest BCUT2D eigenvalue weighted by molar-refractivity contribution is 5.94. The Morgan fingerprint density at radius 2 is 1.55 bits per heavy atom. The molecule has 1 saturated heterocycles. The number of carbonyl (C=O) groups is 2. The van der Waals surface area contributed by atoms with Crippen LogP contribution in [-0.4, -0.2) is 52.7 Å². The molecule has 2 aromatic carbocycles. The average molecular weight is 448 g/mol. The zero-order valence-electron chi connectivity index (χ0n) is 19.4. The number of likely N-dealkylation sites (tertiary alicyclic amines) is 1. The van der Waals surface area contributed by atoms with Crippen molar-refractivity contribution in [3.63, 3.8) is 0 Å². The van der Waals surface area contributed by atoms with Gasteiger partial charge < -0.3 is 14.7 Å². The van der Waals surface area contributed by atoms with Crippen molar-refractivity contribution in [3.05, 3.63) is 71.2 Å². The zero-order chi connectivity index (χ0) is 23.3. The van der Waals surface area contributed by atoms with Gasteiger partial charge in [-0.1, -0.05) is 36.4 Å². The van der Waals surface area contributed by atoms with E-state index < -0.39 is 0 Å². The van der Waals surface area contributed by atoms with Gasteiger partial charge in [0, 0.05) is 37.3 Å². The molecule has 0 bridgehead atoms. The molecule has 5 nitrogen and oxygen atoms in total. The largest absolute Gasteiger partial charge is 0.346 e. The third-order valence-corrected chi connectivity index (χ3v) is 7.38. The van der Waals surface area contributed by atoms with Crippen molar-refractivity contribution in [2.45, 2.75) is 45.3 Å². The van der Waals surface area contributed by atoms with Gasteiger partial charge in [-0.25, -0.2) is 4.39 Å². The Morgan fingerprint density at radius 1 is 0.939 bits per heavy atom. The number of benzene rings is 2. The van der Waals surface area contributed by atoms with E-state index >= 15 is 0 Å². The standard InChI is InChI=1S/C27H30FN3O2/c1-17-18(2)31(24-14-15-30(16-24)27(33)22-8-9-22)25(29(3)26(17)32)21-6-4-19(5-7-21)20-10-12-23(28)13-11-20/h4-7,10-13,22,24-25H,8-9,14-16H2,1-3H3. The fourth-order valence-electron chi connectivity index (χ4n) is 5.20. The molecule has 2 aromatic rings. The molecule has 0 spiro atoms. The number of hydrogen-bond acceptors (Lipinski definition) is 3. The second-order valence-electron chi connectivity index (χ2n) is 9.54. The summed E-state index contributed by atoms with van der Waals surface area (Å²) in [4.78, 5) is 31.8. The van der Waals surface area contributed by atoms with E-state index in [1.807, 2.05) is 37.9 Å². The molecule has 2 fully saturated rings. The van der Waals surface area contributed by atoms with Gasteiger partial charge in [-0.15, -0.1) is 0 Å². The molecule has 0 N–H and O–H groups in total. The fraction of sp³-hybridized carbons (Fsp3) is 0.407. The maximum absolute atomic E-state index is 13.3. The van der Waals surface area contributed by atoms with Crippen LogP contribution in [0, 0.1) is 11.7 Å². The molecule has 2 heterocycles. The first-order chi connectivity index (χ1) is 15.8. The van der Waals surface area contributed by atoms with E-state index in [1.54, 1.807) is 17.0 Å². The first-order valence-electron chi connectivity index (χ1n) is 11.7. The highest BCUT2D eigenvalue weighted by atomic mass is 19.1. The Bertz CT molecular complexity index is 1110. The average Bonchev–Trinajstić information content (AvgIpc) is 3.57. The highest BCUT2D eigenvalue weighted by Gasteiger charge is 2.43. The van der Waals surface area contributed by atoms with Gasteiger partial charge in [0.25, 0.3) is 5.91 Å². The lowest BCUT2D eigenvalue weighted by Crippen LogP contribution is -2.51. The lowest BCUT2D eigenvalue weighted by Gasteiger charge is -2.47. The Balaban J connectivity index is 1.45. The lowest BCUT2D eigenvalue weighted by atomic mass is 9.98. The molecule has 0 aromatic heterocycles. The van der Waals surface area contributed by atoms with Crippen molar-refractivity contribution in [1.82, 2.24) is 14.7 Å². The van der Waals surface area contributed by atoms with Crippen LogP contribution in [0.5, 0.6) is 0 Å². The third-order valence-electron chi connectivity index (χ3n) is 7.38. The molecule has 1 aliphatic carbocycles. The number of hydrogen-bond donors (Lipinski definition) is 0.